The van der Waals surface area contributed by atoms with E-state index < -0.39 is 0 Å². The zero-order valence-corrected chi connectivity index (χ0v) is 9.63. The Morgan fingerprint density at radius 2 is 2.00 bits per heavy atom. The van der Waals surface area contributed by atoms with Crippen molar-refractivity contribution in [2.75, 3.05) is 0 Å². The highest BCUT2D eigenvalue weighted by molar-refractivity contribution is 9.10. The Labute approximate surface area is 93.3 Å². The number of rotatable bonds is 1. The third-order valence-corrected chi connectivity index (χ3v) is 3.08. The van der Waals surface area contributed by atoms with Crippen molar-refractivity contribution in [1.29, 1.82) is 0 Å². The molecule has 2 rings (SSSR count). The number of halogens is 1. The molecule has 0 aromatic heterocycles. The lowest BCUT2D eigenvalue weighted by Crippen LogP contribution is -2.13. The van der Waals surface area contributed by atoms with E-state index in [0.717, 1.165) is 4.47 Å². The summed E-state index contributed by atoms with van der Waals surface area (Å²) in [7, 11) is 0. The second-order valence-corrected chi connectivity index (χ2v) is 4.52. The largest absolute Gasteiger partial charge is 0.384 e. The van der Waals surface area contributed by atoms with Crippen molar-refractivity contribution in [3.05, 3.63) is 46.6 Å². The van der Waals surface area contributed by atoms with Crippen LogP contribution in [-0.4, -0.2) is 0 Å². The molecule has 1 aromatic rings. The molecule has 1 heterocycles. The van der Waals surface area contributed by atoms with Crippen molar-refractivity contribution in [2.45, 2.75) is 25.3 Å². The van der Waals surface area contributed by atoms with Crippen LogP contribution in [0.25, 0.3) is 0 Å². The van der Waals surface area contributed by atoms with E-state index in [2.05, 4.69) is 57.8 Å². The summed E-state index contributed by atoms with van der Waals surface area (Å²) in [5.74, 6) is 0. The van der Waals surface area contributed by atoms with Gasteiger partial charge in [-0.2, -0.15) is 0 Å². The molecular formula is C12H14BrN. The van der Waals surface area contributed by atoms with Gasteiger partial charge in [-0.25, -0.2) is 0 Å². The molecule has 1 unspecified atom stereocenters. The summed E-state index contributed by atoms with van der Waals surface area (Å²) in [6.45, 7) is 0. The molecule has 1 aliphatic rings. The van der Waals surface area contributed by atoms with Gasteiger partial charge in [0.25, 0.3) is 0 Å². The van der Waals surface area contributed by atoms with Gasteiger partial charge in [0.15, 0.2) is 0 Å². The summed E-state index contributed by atoms with van der Waals surface area (Å²) in [5, 5.41) is 3.42. The smallest absolute Gasteiger partial charge is 0.0508 e. The second-order valence-electron chi connectivity index (χ2n) is 3.60. The van der Waals surface area contributed by atoms with Crippen molar-refractivity contribution >= 4 is 15.9 Å². The van der Waals surface area contributed by atoms with Crippen molar-refractivity contribution in [1.82, 2.24) is 5.32 Å². The minimum Gasteiger partial charge on any atom is -0.384 e. The molecule has 0 radical (unpaired) electrons. The highest BCUT2D eigenvalue weighted by Crippen LogP contribution is 2.23. The number of nitrogens with one attached hydrogen (secondary N) is 1. The maximum Gasteiger partial charge on any atom is 0.0508 e. The highest BCUT2D eigenvalue weighted by Gasteiger charge is 2.10. The summed E-state index contributed by atoms with van der Waals surface area (Å²) in [6, 6.07) is 9.06. The molecule has 0 fully saturated rings. The van der Waals surface area contributed by atoms with Gasteiger partial charge in [-0.1, -0.05) is 34.1 Å². The Morgan fingerprint density at radius 1 is 1.21 bits per heavy atom. The highest BCUT2D eigenvalue weighted by atomic mass is 79.9. The van der Waals surface area contributed by atoms with Gasteiger partial charge >= 0.3 is 0 Å². The van der Waals surface area contributed by atoms with Crippen molar-refractivity contribution < 1.29 is 0 Å². The lowest BCUT2D eigenvalue weighted by molar-refractivity contribution is 0.565. The van der Waals surface area contributed by atoms with Gasteiger partial charge in [-0.05, 0) is 43.2 Å². The SMILES string of the molecule is Brc1ccc(C2CCCC=CN2)cc1. The van der Waals surface area contributed by atoms with E-state index in [1.807, 2.05) is 0 Å². The predicted octanol–water partition coefficient (Wildman–Crippen LogP) is 3.78. The van der Waals surface area contributed by atoms with Crippen LogP contribution < -0.4 is 5.32 Å². The van der Waals surface area contributed by atoms with E-state index in [0.29, 0.717) is 6.04 Å². The lowest BCUT2D eigenvalue weighted by Gasteiger charge is -2.15. The number of hydrogen-bond donors (Lipinski definition) is 1. The first-order chi connectivity index (χ1) is 6.86. The first-order valence-corrected chi connectivity index (χ1v) is 5.82. The van der Waals surface area contributed by atoms with Crippen LogP contribution in [0.2, 0.25) is 0 Å². The third kappa shape index (κ3) is 2.38. The van der Waals surface area contributed by atoms with Crippen LogP contribution in [0, 0.1) is 0 Å². The molecule has 0 saturated carbocycles. The summed E-state index contributed by atoms with van der Waals surface area (Å²) in [4.78, 5) is 0. The van der Waals surface area contributed by atoms with Crippen LogP contribution in [0.15, 0.2) is 41.0 Å². The average Bonchev–Trinajstić information content (AvgIpc) is 2.47. The molecule has 1 nitrogen and oxygen atoms in total. The number of hydrogen-bond acceptors (Lipinski definition) is 1. The summed E-state index contributed by atoms with van der Waals surface area (Å²) in [5.41, 5.74) is 1.37. The molecule has 0 aliphatic carbocycles. The topological polar surface area (TPSA) is 12.0 Å². The van der Waals surface area contributed by atoms with E-state index in [-0.39, 0.29) is 0 Å². The summed E-state index contributed by atoms with van der Waals surface area (Å²) < 4.78 is 1.14. The molecule has 1 N–H and O–H groups in total. The van der Waals surface area contributed by atoms with Gasteiger partial charge in [0, 0.05) is 4.47 Å². The Hall–Kier alpha value is -0.760. The van der Waals surface area contributed by atoms with Crippen molar-refractivity contribution in [2.24, 2.45) is 0 Å². The maximum atomic E-state index is 3.45. The summed E-state index contributed by atoms with van der Waals surface area (Å²) in [6.07, 6.45) is 7.97. The molecule has 1 atom stereocenters. The molecule has 1 aliphatic heterocycles. The van der Waals surface area contributed by atoms with Crippen LogP contribution in [-0.2, 0) is 0 Å². The number of benzene rings is 1. The maximum absolute atomic E-state index is 3.45. The first kappa shape index (κ1) is 9.78. The Balaban J connectivity index is 2.13. The van der Waals surface area contributed by atoms with Gasteiger partial charge in [0.2, 0.25) is 0 Å². The van der Waals surface area contributed by atoms with Crippen molar-refractivity contribution in [3.63, 3.8) is 0 Å². The van der Waals surface area contributed by atoms with Gasteiger partial charge in [-0.15, -0.1) is 0 Å². The van der Waals surface area contributed by atoms with Crippen molar-refractivity contribution in [3.8, 4) is 0 Å². The van der Waals surface area contributed by atoms with Gasteiger partial charge in [0.1, 0.15) is 0 Å². The molecular weight excluding hydrogens is 238 g/mol. The van der Waals surface area contributed by atoms with Gasteiger partial charge in [0.05, 0.1) is 6.04 Å². The molecule has 2 heteroatoms. The zero-order chi connectivity index (χ0) is 9.80. The predicted molar refractivity (Wildman–Crippen MR) is 63.0 cm³/mol. The van der Waals surface area contributed by atoms with Crippen LogP contribution in [0.4, 0.5) is 0 Å². The minimum atomic E-state index is 0.488. The standard InChI is InChI=1S/C12H14BrN/c13-11-7-5-10(6-8-11)12-4-2-1-3-9-14-12/h3,5-9,12,14H,1-2,4H2. The fourth-order valence-electron chi connectivity index (χ4n) is 1.75. The monoisotopic (exact) mass is 251 g/mol. The molecule has 0 spiro atoms. The van der Waals surface area contributed by atoms with E-state index in [9.17, 15) is 0 Å². The fourth-order valence-corrected chi connectivity index (χ4v) is 2.01. The molecule has 1 aromatic carbocycles. The molecule has 0 amide bonds. The van der Waals surface area contributed by atoms with Crippen LogP contribution >= 0.6 is 15.9 Å². The number of allylic oxidation sites excluding steroid dienone is 1. The second kappa shape index (κ2) is 4.65. The Morgan fingerprint density at radius 3 is 2.79 bits per heavy atom. The fraction of sp³-hybridized carbons (Fsp3) is 0.333. The van der Waals surface area contributed by atoms with E-state index >= 15 is 0 Å². The summed E-state index contributed by atoms with van der Waals surface area (Å²) >= 11 is 3.45. The first-order valence-electron chi connectivity index (χ1n) is 5.03. The van der Waals surface area contributed by atoms with Crippen LogP contribution in [0.3, 0.4) is 0 Å². The lowest BCUT2D eigenvalue weighted by atomic mass is 10.0. The normalized spacial score (nSPS) is 21.4. The molecule has 0 bridgehead atoms. The van der Waals surface area contributed by atoms with Gasteiger partial charge in [-0.3, -0.25) is 0 Å². The van der Waals surface area contributed by atoms with E-state index in [1.54, 1.807) is 0 Å². The van der Waals surface area contributed by atoms with Gasteiger partial charge < -0.3 is 5.32 Å². The Kier molecular flexibility index (Phi) is 3.25. The van der Waals surface area contributed by atoms with E-state index in [1.165, 1.54) is 24.8 Å². The van der Waals surface area contributed by atoms with E-state index in [4.69, 9.17) is 0 Å². The Bertz CT molecular complexity index is 316. The minimum absolute atomic E-state index is 0.488. The molecule has 14 heavy (non-hydrogen) atoms. The third-order valence-electron chi connectivity index (χ3n) is 2.55. The quantitative estimate of drug-likeness (QED) is 0.802. The average molecular weight is 252 g/mol. The molecule has 0 saturated heterocycles. The van der Waals surface area contributed by atoms with Crippen LogP contribution in [0.5, 0.6) is 0 Å². The molecule has 74 valence electrons. The van der Waals surface area contributed by atoms with Crippen LogP contribution in [0.1, 0.15) is 30.9 Å². The zero-order valence-electron chi connectivity index (χ0n) is 8.04.